The van der Waals surface area contributed by atoms with Crippen molar-refractivity contribution < 1.29 is 28.9 Å². The van der Waals surface area contributed by atoms with Crippen molar-refractivity contribution in [2.75, 3.05) is 19.1 Å². The van der Waals surface area contributed by atoms with Gasteiger partial charge in [-0.2, -0.15) is 0 Å². The summed E-state index contributed by atoms with van der Waals surface area (Å²) in [6.45, 7) is 0.377. The van der Waals surface area contributed by atoms with Gasteiger partial charge in [0.25, 0.3) is 5.78 Å². The van der Waals surface area contributed by atoms with Crippen LogP contribution in [0.5, 0.6) is 17.2 Å². The molecule has 0 spiro atoms. The number of carbonyl (C=O) groups excluding carboxylic acids is 2. The highest BCUT2D eigenvalue weighted by molar-refractivity contribution is 8.00. The number of hydrogen-bond acceptors (Lipinski definition) is 10. The van der Waals surface area contributed by atoms with Gasteiger partial charge in [-0.1, -0.05) is 108 Å². The molecule has 9 nitrogen and oxygen atoms in total. The van der Waals surface area contributed by atoms with Crippen molar-refractivity contribution in [1.29, 1.82) is 0 Å². The average Bonchev–Trinajstić information content (AvgIpc) is 3.74. The van der Waals surface area contributed by atoms with E-state index in [9.17, 15) is 14.7 Å². The highest BCUT2D eigenvalue weighted by atomic mass is 32.2. The molecule has 1 aliphatic heterocycles. The number of thioether (sulfide) groups is 1. The lowest BCUT2D eigenvalue weighted by molar-refractivity contribution is -0.132. The second-order valence-electron chi connectivity index (χ2n) is 11.4. The predicted octanol–water partition coefficient (Wildman–Crippen LogP) is 8.21. The molecule has 1 fully saturated rings. The Hall–Kier alpha value is -5.65. The lowest BCUT2D eigenvalue weighted by atomic mass is 9.95. The molecule has 2 heterocycles. The van der Waals surface area contributed by atoms with E-state index in [1.54, 1.807) is 42.5 Å². The summed E-state index contributed by atoms with van der Waals surface area (Å²) in [5.41, 5.74) is 2.95. The number of anilines is 1. The lowest BCUT2D eigenvalue weighted by Crippen LogP contribution is -2.29. The first-order valence-corrected chi connectivity index (χ1v) is 17.5. The molecule has 50 heavy (non-hydrogen) atoms. The molecule has 1 unspecified atom stereocenters. The zero-order valence-electron chi connectivity index (χ0n) is 27.1. The minimum atomic E-state index is -0.991. The predicted molar refractivity (Wildman–Crippen MR) is 195 cm³/mol. The van der Waals surface area contributed by atoms with Gasteiger partial charge in [-0.15, -0.1) is 10.2 Å². The Morgan fingerprint density at radius 1 is 0.840 bits per heavy atom. The van der Waals surface area contributed by atoms with Gasteiger partial charge in [0, 0.05) is 11.3 Å². The molecule has 7 rings (SSSR count). The van der Waals surface area contributed by atoms with Crippen molar-refractivity contribution in [3.8, 4) is 17.2 Å². The van der Waals surface area contributed by atoms with Gasteiger partial charge in [-0.25, -0.2) is 0 Å². The number of ketones is 1. The fourth-order valence-corrected chi connectivity index (χ4v) is 7.76. The van der Waals surface area contributed by atoms with Crippen LogP contribution in [0.3, 0.4) is 0 Å². The number of benzene rings is 5. The summed E-state index contributed by atoms with van der Waals surface area (Å²) in [6, 6.07) is 35.1. The number of carbonyl (C=O) groups is 2. The molecule has 0 aliphatic carbocycles. The van der Waals surface area contributed by atoms with Gasteiger partial charge in [-0.05, 0) is 57.8 Å². The Labute approximate surface area is 296 Å². The van der Waals surface area contributed by atoms with Gasteiger partial charge in [0.15, 0.2) is 15.8 Å². The summed E-state index contributed by atoms with van der Waals surface area (Å²) in [4.78, 5) is 28.9. The van der Waals surface area contributed by atoms with Gasteiger partial charge in [0.1, 0.15) is 18.1 Å². The van der Waals surface area contributed by atoms with E-state index in [0.717, 1.165) is 21.9 Å². The number of fused-ring (bicyclic) bond motifs is 1. The van der Waals surface area contributed by atoms with E-state index in [2.05, 4.69) is 34.5 Å². The third kappa shape index (κ3) is 6.52. The number of aromatic nitrogens is 2. The number of rotatable bonds is 11. The van der Waals surface area contributed by atoms with Crippen molar-refractivity contribution in [2.45, 2.75) is 22.7 Å². The molecule has 6 aromatic rings. The molecule has 0 bridgehead atoms. The summed E-state index contributed by atoms with van der Waals surface area (Å²) in [7, 11) is 2.99. The minimum Gasteiger partial charge on any atom is -0.507 e. The minimum absolute atomic E-state index is 0.0830. The van der Waals surface area contributed by atoms with Crippen LogP contribution in [0.2, 0.25) is 0 Å². The third-order valence-electron chi connectivity index (χ3n) is 8.38. The number of hydrogen-bond donors (Lipinski definition) is 1. The molecular weight excluding hydrogens is 671 g/mol. The molecular formula is C39H31N3O6S2. The summed E-state index contributed by atoms with van der Waals surface area (Å²) < 4.78 is 17.4. The Morgan fingerprint density at radius 2 is 1.58 bits per heavy atom. The van der Waals surface area contributed by atoms with Crippen molar-refractivity contribution >= 4 is 56.5 Å². The largest absolute Gasteiger partial charge is 0.507 e. The highest BCUT2D eigenvalue weighted by Crippen LogP contribution is 2.45. The van der Waals surface area contributed by atoms with E-state index >= 15 is 0 Å². The fourth-order valence-electron chi connectivity index (χ4n) is 5.89. The van der Waals surface area contributed by atoms with Gasteiger partial charge < -0.3 is 19.3 Å². The maximum atomic E-state index is 13.8. The van der Waals surface area contributed by atoms with E-state index in [-0.39, 0.29) is 22.0 Å². The second-order valence-corrected chi connectivity index (χ2v) is 13.5. The Bertz CT molecular complexity index is 2210. The zero-order valence-corrected chi connectivity index (χ0v) is 28.7. The van der Waals surface area contributed by atoms with Crippen LogP contribution in [0, 0.1) is 0 Å². The molecule has 1 saturated heterocycles. The summed E-state index contributed by atoms with van der Waals surface area (Å²) in [5.74, 6) is 0.0553. The van der Waals surface area contributed by atoms with Gasteiger partial charge in [-0.3, -0.25) is 14.5 Å². The van der Waals surface area contributed by atoms with Gasteiger partial charge in [0.05, 0.1) is 25.8 Å². The molecule has 1 amide bonds. The van der Waals surface area contributed by atoms with Crippen LogP contribution in [0.4, 0.5) is 5.13 Å². The standard InChI is InChI=1S/C39H31N3O6S2/c1-46-31-20-17-27(21-32(31)47-2)35(43)33-34(26-15-18-29(19-16-26)48-22-24-9-4-3-5-10-24)42(37(45)36(33)44)38-40-41-39(50-38)49-23-28-13-8-12-25-11-6-7-14-30(25)28/h3-21,34,43H,22-23H2,1-2H3. The number of aliphatic hydroxyl groups is 1. The average molecular weight is 702 g/mol. The quantitative estimate of drug-likeness (QED) is 0.0470. The van der Waals surface area contributed by atoms with Gasteiger partial charge >= 0.3 is 5.91 Å². The molecule has 250 valence electrons. The van der Waals surface area contributed by atoms with Crippen LogP contribution in [-0.2, 0) is 21.9 Å². The molecule has 1 aliphatic rings. The molecule has 1 N–H and O–H groups in total. The number of aliphatic hydroxyl groups excluding tert-OH is 1. The van der Waals surface area contributed by atoms with E-state index in [4.69, 9.17) is 14.2 Å². The molecule has 1 aromatic heterocycles. The number of amides is 1. The van der Waals surface area contributed by atoms with E-state index in [1.807, 2.05) is 48.5 Å². The number of methoxy groups -OCH3 is 2. The molecule has 1 atom stereocenters. The van der Waals surface area contributed by atoms with Crippen LogP contribution < -0.4 is 19.1 Å². The maximum absolute atomic E-state index is 13.8. The first kappa shape index (κ1) is 32.9. The van der Waals surface area contributed by atoms with Crippen LogP contribution in [-0.4, -0.2) is 41.2 Å². The molecule has 0 saturated carbocycles. The van der Waals surface area contributed by atoms with Crippen LogP contribution in [0.1, 0.15) is 28.3 Å². The maximum Gasteiger partial charge on any atom is 0.301 e. The van der Waals surface area contributed by atoms with Crippen molar-refractivity contribution in [3.63, 3.8) is 0 Å². The van der Waals surface area contributed by atoms with Crippen molar-refractivity contribution in [1.82, 2.24) is 10.2 Å². The Kier molecular flexibility index (Phi) is 9.50. The number of Topliss-reactive ketones (excluding diaryl/α,β-unsaturated/α-hetero) is 1. The van der Waals surface area contributed by atoms with E-state index in [1.165, 1.54) is 42.2 Å². The summed E-state index contributed by atoms with van der Waals surface area (Å²) in [5, 5.41) is 23.0. The normalized spacial score (nSPS) is 15.4. The van der Waals surface area contributed by atoms with Crippen molar-refractivity contribution in [3.05, 3.63) is 143 Å². The van der Waals surface area contributed by atoms with E-state index < -0.39 is 17.7 Å². The van der Waals surface area contributed by atoms with Crippen LogP contribution >= 0.6 is 23.1 Å². The summed E-state index contributed by atoms with van der Waals surface area (Å²) in [6.07, 6.45) is 0. The zero-order chi connectivity index (χ0) is 34.6. The Morgan fingerprint density at radius 3 is 2.36 bits per heavy atom. The third-order valence-corrected chi connectivity index (χ3v) is 10.5. The van der Waals surface area contributed by atoms with E-state index in [0.29, 0.717) is 39.5 Å². The molecule has 0 radical (unpaired) electrons. The highest BCUT2D eigenvalue weighted by Gasteiger charge is 2.48. The summed E-state index contributed by atoms with van der Waals surface area (Å²) >= 11 is 2.72. The Balaban J connectivity index is 1.23. The molecule has 5 aromatic carbocycles. The van der Waals surface area contributed by atoms with Gasteiger partial charge in [0.2, 0.25) is 5.13 Å². The lowest BCUT2D eigenvalue weighted by Gasteiger charge is -2.23. The second kappa shape index (κ2) is 14.5. The molecule has 11 heteroatoms. The number of ether oxygens (including phenoxy) is 3. The smallest absolute Gasteiger partial charge is 0.301 e. The first-order chi connectivity index (χ1) is 24.4. The number of nitrogens with zero attached hydrogens (tertiary/aromatic N) is 3. The topological polar surface area (TPSA) is 111 Å². The first-order valence-electron chi connectivity index (χ1n) is 15.7. The SMILES string of the molecule is COc1ccc(C(O)=C2C(=O)C(=O)N(c3nnc(SCc4cccc5ccccc45)s3)C2c2ccc(OCc3ccccc3)cc2)cc1OC. The fraction of sp³-hybridized carbons (Fsp3) is 0.128. The van der Waals surface area contributed by atoms with Crippen LogP contribution in [0.25, 0.3) is 16.5 Å². The monoisotopic (exact) mass is 701 g/mol. The van der Waals surface area contributed by atoms with Crippen LogP contribution in [0.15, 0.2) is 125 Å². The van der Waals surface area contributed by atoms with Crippen molar-refractivity contribution in [2.24, 2.45) is 0 Å².